The molecule has 0 rings (SSSR count). The zero-order valence-electron chi connectivity index (χ0n) is 7.88. The van der Waals surface area contributed by atoms with Crippen LogP contribution in [0.4, 0.5) is 0 Å². The van der Waals surface area contributed by atoms with Gasteiger partial charge in [0.05, 0.1) is 0 Å². The summed E-state index contributed by atoms with van der Waals surface area (Å²) in [5, 5.41) is 0. The molecule has 0 amide bonds. The SMILES string of the molecule is CCOC(OCC)[Si]CCCS. The molecule has 0 saturated heterocycles. The van der Waals surface area contributed by atoms with E-state index in [0.717, 1.165) is 41.0 Å². The van der Waals surface area contributed by atoms with Gasteiger partial charge in [-0.3, -0.25) is 0 Å². The van der Waals surface area contributed by atoms with E-state index in [1.807, 2.05) is 13.8 Å². The highest BCUT2D eigenvalue weighted by Crippen LogP contribution is 1.99. The summed E-state index contributed by atoms with van der Waals surface area (Å²) in [5.41, 5.74) is 0. The van der Waals surface area contributed by atoms with E-state index in [2.05, 4.69) is 12.6 Å². The van der Waals surface area contributed by atoms with Crippen LogP contribution in [-0.4, -0.2) is 34.4 Å². The van der Waals surface area contributed by atoms with Gasteiger partial charge in [0, 0.05) is 13.2 Å². The summed E-state index contributed by atoms with van der Waals surface area (Å²) in [4.78, 5) is 0. The number of rotatable bonds is 8. The van der Waals surface area contributed by atoms with Crippen molar-refractivity contribution in [1.29, 1.82) is 0 Å². The van der Waals surface area contributed by atoms with Gasteiger partial charge < -0.3 is 9.47 Å². The molecule has 0 atom stereocenters. The molecule has 2 radical (unpaired) electrons. The highest BCUT2D eigenvalue weighted by atomic mass is 32.1. The Morgan fingerprint density at radius 2 is 1.83 bits per heavy atom. The molecule has 12 heavy (non-hydrogen) atoms. The van der Waals surface area contributed by atoms with Crippen LogP contribution in [0, 0.1) is 0 Å². The Morgan fingerprint density at radius 1 is 1.25 bits per heavy atom. The standard InChI is InChI=1S/C8H18O2SSi/c1-3-9-8(10-4-2)12-7-5-6-11/h8,11H,3-7H2,1-2H3. The molecule has 0 unspecified atom stereocenters. The zero-order chi connectivity index (χ0) is 9.23. The van der Waals surface area contributed by atoms with Crippen molar-refractivity contribution in [1.82, 2.24) is 0 Å². The highest BCUT2D eigenvalue weighted by Gasteiger charge is 2.07. The van der Waals surface area contributed by atoms with Crippen molar-refractivity contribution < 1.29 is 9.47 Å². The smallest absolute Gasteiger partial charge is 0.137 e. The highest BCUT2D eigenvalue weighted by molar-refractivity contribution is 7.80. The first-order valence-electron chi connectivity index (χ1n) is 4.42. The van der Waals surface area contributed by atoms with Gasteiger partial charge in [0.25, 0.3) is 0 Å². The van der Waals surface area contributed by atoms with Crippen LogP contribution in [0.5, 0.6) is 0 Å². The minimum Gasteiger partial charge on any atom is -0.357 e. The lowest BCUT2D eigenvalue weighted by atomic mass is 10.6. The average Bonchev–Trinajstić information content (AvgIpc) is 2.06. The van der Waals surface area contributed by atoms with Crippen molar-refractivity contribution in [2.75, 3.05) is 19.0 Å². The van der Waals surface area contributed by atoms with E-state index in [1.165, 1.54) is 0 Å². The van der Waals surface area contributed by atoms with Crippen LogP contribution in [0.15, 0.2) is 0 Å². The third-order valence-corrected chi connectivity index (χ3v) is 2.91. The Balaban J connectivity index is 3.34. The molecule has 72 valence electrons. The lowest BCUT2D eigenvalue weighted by molar-refractivity contribution is -0.0827. The second-order valence-corrected chi connectivity index (χ2v) is 4.10. The summed E-state index contributed by atoms with van der Waals surface area (Å²) < 4.78 is 10.8. The van der Waals surface area contributed by atoms with Gasteiger partial charge in [-0.2, -0.15) is 12.6 Å². The molecule has 0 aromatic rings. The van der Waals surface area contributed by atoms with Crippen molar-refractivity contribution >= 4 is 22.1 Å². The minimum absolute atomic E-state index is 0.0277. The van der Waals surface area contributed by atoms with Crippen LogP contribution in [-0.2, 0) is 9.47 Å². The van der Waals surface area contributed by atoms with Gasteiger partial charge in [0.15, 0.2) is 0 Å². The molecule has 0 aromatic heterocycles. The van der Waals surface area contributed by atoms with Gasteiger partial charge in [-0.1, -0.05) is 6.04 Å². The second kappa shape index (κ2) is 9.57. The molecule has 0 aliphatic heterocycles. The Morgan fingerprint density at radius 3 is 2.25 bits per heavy atom. The molecule has 0 aliphatic carbocycles. The first kappa shape index (κ1) is 12.5. The van der Waals surface area contributed by atoms with Gasteiger partial charge in [-0.25, -0.2) is 0 Å². The Hall–Kier alpha value is 0.487. The van der Waals surface area contributed by atoms with Crippen molar-refractivity contribution in [3.05, 3.63) is 0 Å². The largest absolute Gasteiger partial charge is 0.357 e. The molecule has 0 saturated carbocycles. The number of ether oxygens (including phenoxy) is 2. The van der Waals surface area contributed by atoms with Crippen LogP contribution >= 0.6 is 12.6 Å². The fraction of sp³-hybridized carbons (Fsp3) is 1.00. The van der Waals surface area contributed by atoms with Crippen molar-refractivity contribution in [3.63, 3.8) is 0 Å². The van der Waals surface area contributed by atoms with Crippen molar-refractivity contribution in [2.45, 2.75) is 32.2 Å². The summed E-state index contributed by atoms with van der Waals surface area (Å²) in [6.07, 6.45) is 1.15. The summed E-state index contributed by atoms with van der Waals surface area (Å²) >= 11 is 4.15. The van der Waals surface area contributed by atoms with Gasteiger partial charge in [-0.15, -0.1) is 0 Å². The maximum atomic E-state index is 5.39. The van der Waals surface area contributed by atoms with Crippen LogP contribution < -0.4 is 0 Å². The van der Waals surface area contributed by atoms with Gasteiger partial charge in [-0.05, 0) is 26.0 Å². The molecular formula is C8H18O2SSi. The van der Waals surface area contributed by atoms with E-state index in [-0.39, 0.29) is 5.91 Å². The molecule has 0 aromatic carbocycles. The van der Waals surface area contributed by atoms with E-state index in [9.17, 15) is 0 Å². The summed E-state index contributed by atoms with van der Waals surface area (Å²) in [5.74, 6) is 0.984. The third kappa shape index (κ3) is 7.15. The molecule has 4 heteroatoms. The number of thiol groups is 1. The normalized spacial score (nSPS) is 11.0. The predicted octanol–water partition coefficient (Wildman–Crippen LogP) is 1.79. The quantitative estimate of drug-likeness (QED) is 0.282. The Kier molecular flexibility index (Phi) is 9.96. The molecule has 0 spiro atoms. The third-order valence-electron chi connectivity index (χ3n) is 1.28. The van der Waals surface area contributed by atoms with Crippen molar-refractivity contribution in [2.24, 2.45) is 0 Å². The Bertz CT molecular complexity index is 87.1. The van der Waals surface area contributed by atoms with E-state index < -0.39 is 0 Å². The summed E-state index contributed by atoms with van der Waals surface area (Å²) in [6, 6.07) is 1.16. The van der Waals surface area contributed by atoms with E-state index in [4.69, 9.17) is 9.47 Å². The van der Waals surface area contributed by atoms with E-state index in [0.29, 0.717) is 0 Å². The number of hydrogen-bond donors (Lipinski definition) is 1. The van der Waals surface area contributed by atoms with Crippen molar-refractivity contribution in [3.8, 4) is 0 Å². The molecule has 0 fully saturated rings. The van der Waals surface area contributed by atoms with E-state index >= 15 is 0 Å². The second-order valence-electron chi connectivity index (χ2n) is 2.27. The number of hydrogen-bond acceptors (Lipinski definition) is 3. The minimum atomic E-state index is 0.0277. The van der Waals surface area contributed by atoms with Crippen LogP contribution in [0.25, 0.3) is 0 Å². The monoisotopic (exact) mass is 206 g/mol. The van der Waals surface area contributed by atoms with Crippen LogP contribution in [0.3, 0.4) is 0 Å². The fourth-order valence-electron chi connectivity index (χ4n) is 0.768. The molecule has 0 heterocycles. The molecular weight excluding hydrogens is 188 g/mol. The van der Waals surface area contributed by atoms with E-state index in [1.54, 1.807) is 0 Å². The van der Waals surface area contributed by atoms with Gasteiger partial charge >= 0.3 is 0 Å². The van der Waals surface area contributed by atoms with Crippen LogP contribution in [0.2, 0.25) is 6.04 Å². The fourth-order valence-corrected chi connectivity index (χ4v) is 2.41. The Labute approximate surface area is 83.3 Å². The molecule has 0 bridgehead atoms. The maximum absolute atomic E-state index is 5.39. The zero-order valence-corrected chi connectivity index (χ0v) is 9.77. The lowest BCUT2D eigenvalue weighted by Gasteiger charge is -2.15. The first-order valence-corrected chi connectivity index (χ1v) is 6.34. The average molecular weight is 206 g/mol. The summed E-state index contributed by atoms with van der Waals surface area (Å²) in [6.45, 7) is 5.46. The molecule has 0 aliphatic rings. The molecule has 2 nitrogen and oxygen atoms in total. The van der Waals surface area contributed by atoms with Crippen LogP contribution in [0.1, 0.15) is 20.3 Å². The molecule has 0 N–H and O–H groups in total. The van der Waals surface area contributed by atoms with Gasteiger partial charge in [0.2, 0.25) is 0 Å². The lowest BCUT2D eigenvalue weighted by Crippen LogP contribution is -2.24. The first-order chi connectivity index (χ1) is 5.85. The predicted molar refractivity (Wildman–Crippen MR) is 56.1 cm³/mol. The maximum Gasteiger partial charge on any atom is 0.137 e. The topological polar surface area (TPSA) is 18.5 Å². The summed E-state index contributed by atoms with van der Waals surface area (Å²) in [7, 11) is 0.750. The van der Waals surface area contributed by atoms with Gasteiger partial charge in [0.1, 0.15) is 15.4 Å².